The summed E-state index contributed by atoms with van der Waals surface area (Å²) in [4.78, 5) is 2.22. The fourth-order valence-electron chi connectivity index (χ4n) is 1.78. The summed E-state index contributed by atoms with van der Waals surface area (Å²) in [6, 6.07) is 8.48. The first-order valence-electron chi connectivity index (χ1n) is 5.27. The molecule has 0 saturated carbocycles. The second-order valence-electron chi connectivity index (χ2n) is 4.42. The molecule has 78 valence electrons. The zero-order valence-corrected chi connectivity index (χ0v) is 9.57. The van der Waals surface area contributed by atoms with Crippen LogP contribution in [0.15, 0.2) is 36.4 Å². The minimum atomic E-state index is 0.00308. The van der Waals surface area contributed by atoms with Gasteiger partial charge in [0.2, 0.25) is 0 Å². The van der Waals surface area contributed by atoms with Gasteiger partial charge in [0, 0.05) is 0 Å². The van der Waals surface area contributed by atoms with Gasteiger partial charge in [-0.25, -0.2) is 0 Å². The van der Waals surface area contributed by atoms with Gasteiger partial charge in [0.15, 0.2) is 0 Å². The maximum atomic E-state index is 2.31. The lowest BCUT2D eigenvalue weighted by Crippen LogP contribution is -2.39. The van der Waals surface area contributed by atoms with Crippen LogP contribution in [0.2, 0.25) is 0 Å². The summed E-state index contributed by atoms with van der Waals surface area (Å²) in [6.07, 6.45) is 8.85. The Bertz CT molecular complexity index is 496. The van der Waals surface area contributed by atoms with E-state index in [-0.39, 0.29) is 5.54 Å². The number of allylic oxidation sites excluding steroid dienone is 1. The molecule has 1 aliphatic rings. The smallest absolute Gasteiger partial charge is 0.0553 e. The van der Waals surface area contributed by atoms with Gasteiger partial charge in [-0.05, 0) is 31.5 Å². The van der Waals surface area contributed by atoms with Crippen LogP contribution in [-0.2, 0) is 0 Å². The summed E-state index contributed by atoms with van der Waals surface area (Å²) in [5.74, 6) is 0. The monoisotopic (exact) mass is 199 g/mol. The number of nitrogens with zero attached hydrogens (tertiary/aromatic N) is 1. The van der Waals surface area contributed by atoms with Crippen molar-refractivity contribution in [2.45, 2.75) is 12.5 Å². The van der Waals surface area contributed by atoms with Crippen molar-refractivity contribution in [3.63, 3.8) is 0 Å². The van der Waals surface area contributed by atoms with Crippen molar-refractivity contribution < 1.29 is 0 Å². The fourth-order valence-corrected chi connectivity index (χ4v) is 1.78. The first-order valence-corrected chi connectivity index (χ1v) is 5.27. The summed E-state index contributed by atoms with van der Waals surface area (Å²) < 4.78 is 0. The van der Waals surface area contributed by atoms with E-state index in [1.165, 1.54) is 10.4 Å². The zero-order chi connectivity index (χ0) is 10.9. The summed E-state index contributed by atoms with van der Waals surface area (Å²) in [6.45, 7) is 2.22. The van der Waals surface area contributed by atoms with Gasteiger partial charge in [-0.1, -0.05) is 48.6 Å². The van der Waals surface area contributed by atoms with Crippen LogP contribution in [-0.4, -0.2) is 24.5 Å². The Hall–Kier alpha value is -1.34. The molecule has 15 heavy (non-hydrogen) atoms. The van der Waals surface area contributed by atoms with Gasteiger partial charge in [-0.3, -0.25) is 4.90 Å². The van der Waals surface area contributed by atoms with Crippen LogP contribution in [0.5, 0.6) is 0 Å². The molecule has 1 nitrogen and oxygen atoms in total. The average Bonchev–Trinajstić information content (AvgIpc) is 2.36. The van der Waals surface area contributed by atoms with E-state index in [1.54, 1.807) is 0 Å². The predicted molar refractivity (Wildman–Crippen MR) is 65.9 cm³/mol. The van der Waals surface area contributed by atoms with E-state index in [0.29, 0.717) is 0 Å². The summed E-state index contributed by atoms with van der Waals surface area (Å²) in [7, 11) is 4.21. The number of rotatable bonds is 1. The van der Waals surface area contributed by atoms with Crippen LogP contribution in [0, 0.1) is 0 Å². The molecular formula is C14H17N. The lowest BCUT2D eigenvalue weighted by atomic mass is 9.99. The quantitative estimate of drug-likeness (QED) is 0.655. The van der Waals surface area contributed by atoms with E-state index < -0.39 is 0 Å². The number of likely N-dealkylation sites (N-methyl/N-ethyl adjacent to an activating group) is 1. The highest BCUT2D eigenvalue weighted by atomic mass is 15.1. The minimum Gasteiger partial charge on any atom is -0.297 e. The van der Waals surface area contributed by atoms with Crippen molar-refractivity contribution in [2.24, 2.45) is 0 Å². The molecule has 1 aromatic rings. The standard InChI is InChI=1S/C14H17N/c1-14(15(2)3)10-6-9-12-7-4-5-8-13(12)11-14/h4-11H,1-3H3. The third-order valence-corrected chi connectivity index (χ3v) is 3.12. The molecule has 0 bridgehead atoms. The first kappa shape index (κ1) is 10.2. The summed E-state index contributed by atoms with van der Waals surface area (Å²) in [5, 5.41) is 2.60. The highest BCUT2D eigenvalue weighted by molar-refractivity contribution is 5.51. The predicted octanol–water partition coefficient (Wildman–Crippen LogP) is 1.14. The number of benzene rings is 1. The molecule has 1 atom stereocenters. The minimum absolute atomic E-state index is 0.00308. The Labute approximate surface area is 91.0 Å². The Kier molecular flexibility index (Phi) is 2.49. The third-order valence-electron chi connectivity index (χ3n) is 3.12. The maximum Gasteiger partial charge on any atom is 0.0553 e. The van der Waals surface area contributed by atoms with Crippen LogP contribution in [0.1, 0.15) is 6.92 Å². The number of fused-ring (bicyclic) bond motifs is 1. The molecule has 1 aliphatic carbocycles. The van der Waals surface area contributed by atoms with E-state index in [0.717, 1.165) is 0 Å². The SMILES string of the molecule is CN(C)C1(C)C=CC=c2ccccc2=C1. The molecule has 0 radical (unpaired) electrons. The molecule has 0 heterocycles. The second-order valence-corrected chi connectivity index (χ2v) is 4.42. The van der Waals surface area contributed by atoms with Gasteiger partial charge >= 0.3 is 0 Å². The van der Waals surface area contributed by atoms with E-state index in [1.807, 2.05) is 0 Å². The largest absolute Gasteiger partial charge is 0.297 e. The second kappa shape index (κ2) is 3.67. The molecular weight excluding hydrogens is 182 g/mol. The molecule has 0 N–H and O–H groups in total. The van der Waals surface area contributed by atoms with Crippen LogP contribution < -0.4 is 10.4 Å². The van der Waals surface area contributed by atoms with Gasteiger partial charge in [0.25, 0.3) is 0 Å². The molecule has 0 fully saturated rings. The average molecular weight is 199 g/mol. The fraction of sp³-hybridized carbons (Fsp3) is 0.286. The van der Waals surface area contributed by atoms with E-state index in [9.17, 15) is 0 Å². The Morgan fingerprint density at radius 2 is 1.73 bits per heavy atom. The summed E-state index contributed by atoms with van der Waals surface area (Å²) in [5.41, 5.74) is 0.00308. The number of hydrogen-bond acceptors (Lipinski definition) is 1. The molecule has 1 aromatic carbocycles. The highest BCUT2D eigenvalue weighted by Crippen LogP contribution is 2.15. The van der Waals surface area contributed by atoms with Gasteiger partial charge in [0.1, 0.15) is 0 Å². The van der Waals surface area contributed by atoms with Crippen LogP contribution in [0.25, 0.3) is 12.2 Å². The van der Waals surface area contributed by atoms with Crippen molar-refractivity contribution in [3.8, 4) is 0 Å². The van der Waals surface area contributed by atoms with Crippen molar-refractivity contribution >= 4 is 12.2 Å². The normalized spacial score (nSPS) is 24.0. The van der Waals surface area contributed by atoms with Crippen molar-refractivity contribution in [1.82, 2.24) is 4.90 Å². The topological polar surface area (TPSA) is 3.24 Å². The van der Waals surface area contributed by atoms with Crippen LogP contribution in [0.3, 0.4) is 0 Å². The van der Waals surface area contributed by atoms with E-state index in [4.69, 9.17) is 0 Å². The molecule has 0 spiro atoms. The van der Waals surface area contributed by atoms with Crippen LogP contribution >= 0.6 is 0 Å². The van der Waals surface area contributed by atoms with Crippen LogP contribution in [0.4, 0.5) is 0 Å². The third kappa shape index (κ3) is 1.88. The molecule has 1 heteroatoms. The molecule has 2 rings (SSSR count). The van der Waals surface area contributed by atoms with Gasteiger partial charge in [-0.15, -0.1) is 0 Å². The Morgan fingerprint density at radius 3 is 2.40 bits per heavy atom. The molecule has 0 saturated heterocycles. The van der Waals surface area contributed by atoms with Gasteiger partial charge in [0.05, 0.1) is 5.54 Å². The lowest BCUT2D eigenvalue weighted by Gasteiger charge is -2.30. The molecule has 0 amide bonds. The van der Waals surface area contributed by atoms with Crippen molar-refractivity contribution in [1.29, 1.82) is 0 Å². The van der Waals surface area contributed by atoms with E-state index >= 15 is 0 Å². The Morgan fingerprint density at radius 1 is 1.07 bits per heavy atom. The molecule has 1 unspecified atom stereocenters. The first-order chi connectivity index (χ1) is 7.12. The number of hydrogen-bond donors (Lipinski definition) is 0. The molecule has 0 aromatic heterocycles. The van der Waals surface area contributed by atoms with E-state index in [2.05, 4.69) is 74.5 Å². The zero-order valence-electron chi connectivity index (χ0n) is 9.57. The maximum absolute atomic E-state index is 2.31. The lowest BCUT2D eigenvalue weighted by molar-refractivity contribution is 0.302. The highest BCUT2D eigenvalue weighted by Gasteiger charge is 2.20. The Balaban J connectivity index is 2.68. The van der Waals surface area contributed by atoms with Gasteiger partial charge in [-0.2, -0.15) is 0 Å². The van der Waals surface area contributed by atoms with Crippen molar-refractivity contribution in [2.75, 3.05) is 14.1 Å². The summed E-state index contributed by atoms with van der Waals surface area (Å²) >= 11 is 0. The molecule has 0 aliphatic heterocycles. The van der Waals surface area contributed by atoms with Crippen molar-refractivity contribution in [3.05, 3.63) is 46.9 Å². The van der Waals surface area contributed by atoms with Gasteiger partial charge < -0.3 is 0 Å².